The molecule has 4 nitrogen and oxygen atoms in total. The molecule has 0 saturated carbocycles. The van der Waals surface area contributed by atoms with Gasteiger partial charge in [-0.1, -0.05) is 6.07 Å². The molecule has 0 aromatic heterocycles. The molecule has 0 aliphatic rings. The van der Waals surface area contributed by atoms with Gasteiger partial charge in [-0.05, 0) is 48.9 Å². The van der Waals surface area contributed by atoms with Gasteiger partial charge in [-0.25, -0.2) is 4.39 Å². The van der Waals surface area contributed by atoms with E-state index in [9.17, 15) is 4.39 Å². The second kappa shape index (κ2) is 8.24. The molecule has 0 heterocycles. The highest BCUT2D eigenvalue weighted by Crippen LogP contribution is 2.28. The van der Waals surface area contributed by atoms with Gasteiger partial charge < -0.3 is 19.3 Å². The van der Waals surface area contributed by atoms with Gasteiger partial charge in [0.25, 0.3) is 0 Å². The number of halogens is 1. The van der Waals surface area contributed by atoms with E-state index in [0.29, 0.717) is 37.1 Å². The van der Waals surface area contributed by atoms with Crippen molar-refractivity contribution in [1.29, 1.82) is 0 Å². The van der Waals surface area contributed by atoms with Gasteiger partial charge in [0, 0.05) is 0 Å². The lowest BCUT2D eigenvalue weighted by Crippen LogP contribution is -2.10. The van der Waals surface area contributed by atoms with Crippen LogP contribution >= 0.6 is 0 Å². The predicted molar refractivity (Wildman–Crippen MR) is 80.9 cm³/mol. The molecule has 0 fully saturated rings. The maximum absolute atomic E-state index is 12.8. The van der Waals surface area contributed by atoms with Crippen molar-refractivity contribution < 1.29 is 23.7 Å². The van der Waals surface area contributed by atoms with Crippen LogP contribution in [0.1, 0.15) is 12.5 Å². The molecule has 0 atom stereocenters. The first-order chi connectivity index (χ1) is 10.7. The fourth-order valence-electron chi connectivity index (χ4n) is 1.88. The quantitative estimate of drug-likeness (QED) is 0.761. The Kier molecular flexibility index (Phi) is 6.03. The maximum Gasteiger partial charge on any atom is 0.161 e. The van der Waals surface area contributed by atoms with Gasteiger partial charge in [0.15, 0.2) is 11.5 Å². The first-order valence-corrected chi connectivity index (χ1v) is 7.10. The Bertz CT molecular complexity index is 584. The lowest BCUT2D eigenvalue weighted by molar-refractivity contribution is 0.208. The number of ether oxygens (including phenoxy) is 3. The summed E-state index contributed by atoms with van der Waals surface area (Å²) in [4.78, 5) is 0. The number of rotatable bonds is 8. The van der Waals surface area contributed by atoms with Crippen molar-refractivity contribution in [3.05, 3.63) is 53.8 Å². The summed E-state index contributed by atoms with van der Waals surface area (Å²) < 4.78 is 29.3. The van der Waals surface area contributed by atoms with E-state index in [4.69, 9.17) is 19.3 Å². The summed E-state index contributed by atoms with van der Waals surface area (Å²) in [6.07, 6.45) is 0. The first-order valence-electron chi connectivity index (χ1n) is 7.10. The molecule has 0 amide bonds. The van der Waals surface area contributed by atoms with E-state index in [1.54, 1.807) is 30.3 Å². The van der Waals surface area contributed by atoms with Gasteiger partial charge in [-0.15, -0.1) is 0 Å². The van der Waals surface area contributed by atoms with Crippen LogP contribution in [0.3, 0.4) is 0 Å². The lowest BCUT2D eigenvalue weighted by atomic mass is 10.2. The molecule has 0 bridgehead atoms. The van der Waals surface area contributed by atoms with Crippen molar-refractivity contribution in [2.45, 2.75) is 13.5 Å². The van der Waals surface area contributed by atoms with Gasteiger partial charge in [0.2, 0.25) is 0 Å². The molecule has 22 heavy (non-hydrogen) atoms. The minimum absolute atomic E-state index is 0.0476. The van der Waals surface area contributed by atoms with Crippen LogP contribution in [0.5, 0.6) is 17.2 Å². The van der Waals surface area contributed by atoms with Crippen LogP contribution in [0.25, 0.3) is 0 Å². The zero-order chi connectivity index (χ0) is 15.8. The Morgan fingerprint density at radius 1 is 0.909 bits per heavy atom. The molecule has 5 heteroatoms. The summed E-state index contributed by atoms with van der Waals surface area (Å²) in [5, 5.41) is 9.14. The molecular weight excluding hydrogens is 287 g/mol. The van der Waals surface area contributed by atoms with Crippen molar-refractivity contribution in [3.8, 4) is 17.2 Å². The fourth-order valence-corrected chi connectivity index (χ4v) is 1.88. The Labute approximate surface area is 129 Å². The standard InChI is InChI=1S/C17H19FO4/c1-2-20-17-11-13(12-19)3-8-16(17)22-10-9-21-15-6-4-14(18)5-7-15/h3-8,11,19H,2,9-10,12H2,1H3. The van der Waals surface area contributed by atoms with Crippen LogP contribution in [0.2, 0.25) is 0 Å². The largest absolute Gasteiger partial charge is 0.490 e. The number of aliphatic hydroxyl groups is 1. The highest BCUT2D eigenvalue weighted by Gasteiger charge is 2.06. The van der Waals surface area contributed by atoms with E-state index in [1.165, 1.54) is 12.1 Å². The summed E-state index contributed by atoms with van der Waals surface area (Å²) in [5.41, 5.74) is 0.762. The molecule has 118 valence electrons. The van der Waals surface area contributed by atoms with E-state index in [1.807, 2.05) is 6.92 Å². The molecule has 1 N–H and O–H groups in total. The Morgan fingerprint density at radius 3 is 2.32 bits per heavy atom. The summed E-state index contributed by atoms with van der Waals surface area (Å²) >= 11 is 0. The SMILES string of the molecule is CCOc1cc(CO)ccc1OCCOc1ccc(F)cc1. The van der Waals surface area contributed by atoms with E-state index >= 15 is 0 Å². The molecule has 0 aliphatic carbocycles. The van der Waals surface area contributed by atoms with Crippen molar-refractivity contribution in [1.82, 2.24) is 0 Å². The molecular formula is C17H19FO4. The molecule has 0 aliphatic heterocycles. The first kappa shape index (κ1) is 16.1. The predicted octanol–water partition coefficient (Wildman–Crippen LogP) is 3.17. The third kappa shape index (κ3) is 4.63. The van der Waals surface area contributed by atoms with E-state index < -0.39 is 0 Å². The monoisotopic (exact) mass is 306 g/mol. The van der Waals surface area contributed by atoms with E-state index in [0.717, 1.165) is 5.56 Å². The van der Waals surface area contributed by atoms with Crippen LogP contribution in [0.15, 0.2) is 42.5 Å². The van der Waals surface area contributed by atoms with Crippen molar-refractivity contribution in [2.75, 3.05) is 19.8 Å². The Balaban J connectivity index is 1.86. The highest BCUT2D eigenvalue weighted by atomic mass is 19.1. The average Bonchev–Trinajstić information content (AvgIpc) is 2.54. The smallest absolute Gasteiger partial charge is 0.161 e. The third-order valence-corrected chi connectivity index (χ3v) is 2.91. The number of hydrogen-bond donors (Lipinski definition) is 1. The van der Waals surface area contributed by atoms with Gasteiger partial charge in [0.1, 0.15) is 24.8 Å². The number of hydrogen-bond acceptors (Lipinski definition) is 4. The summed E-state index contributed by atoms with van der Waals surface area (Å²) in [7, 11) is 0. The summed E-state index contributed by atoms with van der Waals surface area (Å²) in [5.74, 6) is 1.48. The minimum atomic E-state index is -0.297. The summed E-state index contributed by atoms with van der Waals surface area (Å²) in [6, 6.07) is 11.1. The van der Waals surface area contributed by atoms with Crippen LogP contribution in [0, 0.1) is 5.82 Å². The second-order valence-electron chi connectivity index (χ2n) is 4.52. The minimum Gasteiger partial charge on any atom is -0.490 e. The molecule has 0 saturated heterocycles. The molecule has 0 spiro atoms. The second-order valence-corrected chi connectivity index (χ2v) is 4.52. The van der Waals surface area contributed by atoms with Crippen LogP contribution in [-0.4, -0.2) is 24.9 Å². The molecule has 0 radical (unpaired) electrons. The van der Waals surface area contributed by atoms with Crippen LogP contribution in [0.4, 0.5) is 4.39 Å². The van der Waals surface area contributed by atoms with Crippen LogP contribution in [-0.2, 0) is 6.61 Å². The summed E-state index contributed by atoms with van der Waals surface area (Å²) in [6.45, 7) is 3.01. The lowest BCUT2D eigenvalue weighted by Gasteiger charge is -2.13. The molecule has 2 rings (SSSR count). The van der Waals surface area contributed by atoms with E-state index in [-0.39, 0.29) is 12.4 Å². The maximum atomic E-state index is 12.8. The van der Waals surface area contributed by atoms with Crippen LogP contribution < -0.4 is 14.2 Å². The third-order valence-electron chi connectivity index (χ3n) is 2.91. The topological polar surface area (TPSA) is 47.9 Å². The van der Waals surface area contributed by atoms with Gasteiger partial charge in [-0.3, -0.25) is 0 Å². The molecule has 2 aromatic rings. The van der Waals surface area contributed by atoms with Gasteiger partial charge >= 0.3 is 0 Å². The van der Waals surface area contributed by atoms with E-state index in [2.05, 4.69) is 0 Å². The average molecular weight is 306 g/mol. The number of benzene rings is 2. The normalized spacial score (nSPS) is 10.3. The zero-order valence-corrected chi connectivity index (χ0v) is 12.4. The molecule has 0 unspecified atom stereocenters. The highest BCUT2D eigenvalue weighted by molar-refractivity contribution is 5.42. The number of aliphatic hydroxyl groups excluding tert-OH is 1. The fraction of sp³-hybridized carbons (Fsp3) is 0.294. The van der Waals surface area contributed by atoms with Crippen molar-refractivity contribution >= 4 is 0 Å². The van der Waals surface area contributed by atoms with Gasteiger partial charge in [0.05, 0.1) is 13.2 Å². The Hall–Kier alpha value is -2.27. The zero-order valence-electron chi connectivity index (χ0n) is 12.4. The van der Waals surface area contributed by atoms with Crippen molar-refractivity contribution in [3.63, 3.8) is 0 Å². The van der Waals surface area contributed by atoms with Gasteiger partial charge in [-0.2, -0.15) is 0 Å². The Morgan fingerprint density at radius 2 is 1.64 bits per heavy atom. The van der Waals surface area contributed by atoms with Crippen molar-refractivity contribution in [2.24, 2.45) is 0 Å². The molecule has 2 aromatic carbocycles.